The van der Waals surface area contributed by atoms with Crippen molar-refractivity contribution in [2.75, 3.05) is 16.8 Å². The first-order chi connectivity index (χ1) is 13.7. The molecule has 4 rings (SSSR count). The first kappa shape index (κ1) is 17.9. The highest BCUT2D eigenvalue weighted by molar-refractivity contribution is 6.03. The normalized spacial score (nSPS) is 16.4. The monoisotopic (exact) mass is 375 g/mol. The van der Waals surface area contributed by atoms with Gasteiger partial charge in [-0.2, -0.15) is 5.10 Å². The van der Waals surface area contributed by atoms with Crippen LogP contribution in [-0.4, -0.2) is 33.1 Å². The van der Waals surface area contributed by atoms with Crippen molar-refractivity contribution in [2.45, 2.75) is 19.4 Å². The van der Waals surface area contributed by atoms with Crippen LogP contribution in [0.1, 0.15) is 12.0 Å². The summed E-state index contributed by atoms with van der Waals surface area (Å²) < 4.78 is 1.80. The largest absolute Gasteiger partial charge is 0.312 e. The van der Waals surface area contributed by atoms with Crippen LogP contribution in [-0.2, 0) is 22.6 Å². The van der Waals surface area contributed by atoms with Crippen molar-refractivity contribution in [1.29, 1.82) is 0 Å². The molecule has 3 aromatic rings. The summed E-state index contributed by atoms with van der Waals surface area (Å²) in [4.78, 5) is 30.5. The molecule has 0 bridgehead atoms. The lowest BCUT2D eigenvalue weighted by molar-refractivity contribution is -0.122. The minimum atomic E-state index is -0.380. The summed E-state index contributed by atoms with van der Waals surface area (Å²) in [6.07, 6.45) is 6.43. The smallest absolute Gasteiger partial charge is 0.231 e. The number of rotatable bonds is 6. The molecule has 1 atom stereocenters. The molecule has 142 valence electrons. The minimum Gasteiger partial charge on any atom is -0.312 e. The van der Waals surface area contributed by atoms with Gasteiger partial charge in [0.25, 0.3) is 0 Å². The Morgan fingerprint density at radius 3 is 2.68 bits per heavy atom. The lowest BCUT2D eigenvalue weighted by atomic mass is 10.1. The average Bonchev–Trinajstić information content (AvgIpc) is 3.34. The lowest BCUT2D eigenvalue weighted by Gasteiger charge is -2.16. The van der Waals surface area contributed by atoms with Gasteiger partial charge in [-0.05, 0) is 36.2 Å². The Morgan fingerprint density at radius 2 is 1.89 bits per heavy atom. The molecule has 7 heteroatoms. The second-order valence-corrected chi connectivity index (χ2v) is 6.80. The van der Waals surface area contributed by atoms with Gasteiger partial charge < -0.3 is 10.2 Å². The van der Waals surface area contributed by atoms with Gasteiger partial charge in [-0.15, -0.1) is 0 Å². The molecule has 1 aliphatic rings. The van der Waals surface area contributed by atoms with E-state index < -0.39 is 0 Å². The molecule has 7 nitrogen and oxygen atoms in total. The van der Waals surface area contributed by atoms with Gasteiger partial charge in [-0.3, -0.25) is 19.3 Å². The molecule has 2 amide bonds. The zero-order valence-electron chi connectivity index (χ0n) is 15.4. The molecule has 28 heavy (non-hydrogen) atoms. The highest BCUT2D eigenvalue weighted by atomic mass is 16.2. The van der Waals surface area contributed by atoms with Gasteiger partial charge in [0, 0.05) is 49.9 Å². The standard InChI is InChI=1S/C21H21N5O2/c27-20-14-17(15-26(20)18-4-2-1-3-5-18)21(28)23-19-9-13-25(24-19)12-8-16-6-10-22-11-7-16/h1-7,9-11,13,17H,8,12,14-15H2,(H,23,24,28). The molecule has 1 N–H and O–H groups in total. The number of aromatic nitrogens is 3. The molecule has 1 unspecified atom stereocenters. The number of para-hydroxylation sites is 1. The zero-order chi connectivity index (χ0) is 19.3. The molecule has 0 aliphatic carbocycles. The van der Waals surface area contributed by atoms with Crippen molar-refractivity contribution < 1.29 is 9.59 Å². The highest BCUT2D eigenvalue weighted by Crippen LogP contribution is 2.25. The number of pyridine rings is 1. The number of carbonyl (C=O) groups excluding carboxylic acids is 2. The van der Waals surface area contributed by atoms with E-state index in [0.717, 1.165) is 12.1 Å². The third kappa shape index (κ3) is 4.09. The molecular weight excluding hydrogens is 354 g/mol. The van der Waals surface area contributed by atoms with E-state index in [4.69, 9.17) is 0 Å². The van der Waals surface area contributed by atoms with E-state index in [1.165, 1.54) is 5.56 Å². The summed E-state index contributed by atoms with van der Waals surface area (Å²) in [5.74, 6) is -0.0830. The molecule has 0 spiro atoms. The third-order valence-electron chi connectivity index (χ3n) is 4.83. The third-order valence-corrected chi connectivity index (χ3v) is 4.83. The molecule has 1 aromatic carbocycles. The number of nitrogens with zero attached hydrogens (tertiary/aromatic N) is 4. The van der Waals surface area contributed by atoms with Gasteiger partial charge in [-0.1, -0.05) is 18.2 Å². The van der Waals surface area contributed by atoms with Crippen LogP contribution in [0.3, 0.4) is 0 Å². The van der Waals surface area contributed by atoms with Crippen LogP contribution in [0.25, 0.3) is 0 Å². The molecule has 3 heterocycles. The van der Waals surface area contributed by atoms with Gasteiger partial charge in [-0.25, -0.2) is 0 Å². The SMILES string of the molecule is O=C(Nc1ccn(CCc2ccncc2)n1)C1CC(=O)N(c2ccccc2)C1. The summed E-state index contributed by atoms with van der Waals surface area (Å²) in [7, 11) is 0. The highest BCUT2D eigenvalue weighted by Gasteiger charge is 2.35. The maximum absolute atomic E-state index is 12.6. The van der Waals surface area contributed by atoms with Crippen molar-refractivity contribution in [2.24, 2.45) is 5.92 Å². The number of hydrogen-bond acceptors (Lipinski definition) is 4. The fraction of sp³-hybridized carbons (Fsp3) is 0.238. The van der Waals surface area contributed by atoms with E-state index in [-0.39, 0.29) is 24.2 Å². The van der Waals surface area contributed by atoms with Gasteiger partial charge in [0.2, 0.25) is 11.8 Å². The van der Waals surface area contributed by atoms with Crippen molar-refractivity contribution in [3.05, 3.63) is 72.7 Å². The Labute approximate surface area is 163 Å². The fourth-order valence-electron chi connectivity index (χ4n) is 3.31. The Balaban J connectivity index is 1.33. The first-order valence-electron chi connectivity index (χ1n) is 9.28. The van der Waals surface area contributed by atoms with Crippen LogP contribution in [0.15, 0.2) is 67.1 Å². The van der Waals surface area contributed by atoms with E-state index in [9.17, 15) is 9.59 Å². The maximum atomic E-state index is 12.6. The van der Waals surface area contributed by atoms with Crippen LogP contribution < -0.4 is 10.2 Å². The van der Waals surface area contributed by atoms with E-state index in [2.05, 4.69) is 15.4 Å². The predicted octanol–water partition coefficient (Wildman–Crippen LogP) is 2.51. The van der Waals surface area contributed by atoms with Crippen molar-refractivity contribution in [3.63, 3.8) is 0 Å². The first-order valence-corrected chi connectivity index (χ1v) is 9.28. The predicted molar refractivity (Wildman–Crippen MR) is 106 cm³/mol. The average molecular weight is 375 g/mol. The molecule has 0 saturated carbocycles. The Kier molecular flexibility index (Phi) is 5.14. The van der Waals surface area contributed by atoms with Crippen LogP contribution >= 0.6 is 0 Å². The number of hydrogen-bond donors (Lipinski definition) is 1. The summed E-state index contributed by atoms with van der Waals surface area (Å²) in [6.45, 7) is 1.10. The Morgan fingerprint density at radius 1 is 1.11 bits per heavy atom. The Bertz CT molecular complexity index is 955. The van der Waals surface area contributed by atoms with E-state index in [1.54, 1.807) is 28.0 Å². The summed E-state index contributed by atoms with van der Waals surface area (Å²) in [5.41, 5.74) is 2.00. The van der Waals surface area contributed by atoms with Crippen molar-refractivity contribution in [3.8, 4) is 0 Å². The Hall–Kier alpha value is -3.48. The molecule has 0 radical (unpaired) electrons. The van der Waals surface area contributed by atoms with Crippen molar-refractivity contribution >= 4 is 23.3 Å². The number of nitrogens with one attached hydrogen (secondary N) is 1. The van der Waals surface area contributed by atoms with Crippen molar-refractivity contribution in [1.82, 2.24) is 14.8 Å². The lowest BCUT2D eigenvalue weighted by Crippen LogP contribution is -2.28. The second kappa shape index (κ2) is 8.04. The number of carbonyl (C=O) groups is 2. The molecular formula is C21H21N5O2. The van der Waals surface area contributed by atoms with Gasteiger partial charge in [0.15, 0.2) is 5.82 Å². The topological polar surface area (TPSA) is 80.1 Å². The van der Waals surface area contributed by atoms with Crippen LogP contribution in [0.2, 0.25) is 0 Å². The van der Waals surface area contributed by atoms with Gasteiger partial charge in [0.1, 0.15) is 0 Å². The number of benzene rings is 1. The number of amides is 2. The van der Waals surface area contributed by atoms with E-state index in [1.807, 2.05) is 48.7 Å². The summed E-state index contributed by atoms with van der Waals surface area (Å²) in [6, 6.07) is 15.1. The molecule has 1 fully saturated rings. The minimum absolute atomic E-state index is 0.0331. The van der Waals surface area contributed by atoms with Gasteiger partial charge >= 0.3 is 0 Å². The van der Waals surface area contributed by atoms with E-state index >= 15 is 0 Å². The van der Waals surface area contributed by atoms with E-state index in [0.29, 0.717) is 18.9 Å². The van der Waals surface area contributed by atoms with Crippen LogP contribution in [0, 0.1) is 5.92 Å². The fourth-order valence-corrected chi connectivity index (χ4v) is 3.31. The molecule has 1 saturated heterocycles. The van der Waals surface area contributed by atoms with Crippen LogP contribution in [0.5, 0.6) is 0 Å². The number of aryl methyl sites for hydroxylation is 2. The van der Waals surface area contributed by atoms with Gasteiger partial charge in [0.05, 0.1) is 5.92 Å². The second-order valence-electron chi connectivity index (χ2n) is 6.80. The molecule has 2 aromatic heterocycles. The summed E-state index contributed by atoms with van der Waals surface area (Å²) >= 11 is 0. The number of anilines is 2. The summed E-state index contributed by atoms with van der Waals surface area (Å²) in [5, 5.41) is 7.24. The molecule has 1 aliphatic heterocycles. The maximum Gasteiger partial charge on any atom is 0.231 e. The zero-order valence-corrected chi connectivity index (χ0v) is 15.4. The quantitative estimate of drug-likeness (QED) is 0.718. The van der Waals surface area contributed by atoms with Crippen LogP contribution in [0.4, 0.5) is 11.5 Å².